The lowest BCUT2D eigenvalue weighted by atomic mass is 9.95. The maximum atomic E-state index is 11.8. The van der Waals surface area contributed by atoms with E-state index < -0.39 is 12.3 Å². The topological polar surface area (TPSA) is 71.1 Å². The van der Waals surface area contributed by atoms with Crippen LogP contribution < -0.4 is 0 Å². The van der Waals surface area contributed by atoms with Crippen molar-refractivity contribution in [3.05, 3.63) is 0 Å². The molecule has 2 unspecified atom stereocenters. The van der Waals surface area contributed by atoms with Crippen molar-refractivity contribution in [1.82, 2.24) is 0 Å². The molecule has 0 heterocycles. The van der Waals surface area contributed by atoms with Gasteiger partial charge in [0.25, 0.3) is 0 Å². The predicted molar refractivity (Wildman–Crippen MR) is 99.1 cm³/mol. The maximum Gasteiger partial charge on any atom is 0.508 e. The van der Waals surface area contributed by atoms with Crippen molar-refractivity contribution >= 4 is 12.3 Å². The van der Waals surface area contributed by atoms with E-state index in [9.17, 15) is 9.59 Å². The van der Waals surface area contributed by atoms with Crippen LogP contribution in [0.4, 0.5) is 9.59 Å². The fraction of sp³-hybridized carbons (Fsp3) is 0.900. The summed E-state index contributed by atoms with van der Waals surface area (Å²) in [7, 11) is 0. The Morgan fingerprint density at radius 3 is 2.08 bits per heavy atom. The Morgan fingerprint density at radius 2 is 1.46 bits per heavy atom. The molecule has 0 N–H and O–H groups in total. The highest BCUT2D eigenvalue weighted by Crippen LogP contribution is 2.24. The largest absolute Gasteiger partial charge is 0.508 e. The molecule has 1 saturated carbocycles. The Morgan fingerprint density at radius 1 is 0.885 bits per heavy atom. The van der Waals surface area contributed by atoms with Crippen LogP contribution in [0.1, 0.15) is 85.0 Å². The lowest BCUT2D eigenvalue weighted by Crippen LogP contribution is -2.31. The highest BCUT2D eigenvalue weighted by molar-refractivity contribution is 5.60. The van der Waals surface area contributed by atoms with Gasteiger partial charge in [0.1, 0.15) is 12.2 Å². The molecule has 6 nitrogen and oxygen atoms in total. The van der Waals surface area contributed by atoms with Crippen molar-refractivity contribution in [2.24, 2.45) is 5.92 Å². The molecule has 0 radical (unpaired) electrons. The second-order valence-electron chi connectivity index (χ2n) is 7.38. The first-order valence-electron chi connectivity index (χ1n) is 10.2. The SMILES string of the molecule is CCOC(=O)OC1CCCC(OC(=O)OCCCCCCCC(C)C)C1. The molecule has 2 atom stereocenters. The standard InChI is InChI=1S/C20H36O6/c1-4-23-19(21)25-17-12-10-13-18(15-17)26-20(22)24-14-9-7-5-6-8-11-16(2)3/h16-18H,4-15H2,1-3H3. The third-order valence-electron chi connectivity index (χ3n) is 4.51. The fourth-order valence-electron chi connectivity index (χ4n) is 3.11. The van der Waals surface area contributed by atoms with Crippen molar-refractivity contribution < 1.29 is 28.5 Å². The molecular weight excluding hydrogens is 336 g/mol. The van der Waals surface area contributed by atoms with Gasteiger partial charge in [-0.15, -0.1) is 0 Å². The van der Waals surface area contributed by atoms with Gasteiger partial charge in [-0.3, -0.25) is 0 Å². The van der Waals surface area contributed by atoms with Crippen LogP contribution >= 0.6 is 0 Å². The van der Waals surface area contributed by atoms with Crippen LogP contribution in [0.2, 0.25) is 0 Å². The fourth-order valence-corrected chi connectivity index (χ4v) is 3.11. The van der Waals surface area contributed by atoms with Crippen LogP contribution in [0, 0.1) is 5.92 Å². The van der Waals surface area contributed by atoms with Gasteiger partial charge in [-0.25, -0.2) is 9.59 Å². The predicted octanol–water partition coefficient (Wildman–Crippen LogP) is 5.62. The molecule has 0 spiro atoms. The van der Waals surface area contributed by atoms with Gasteiger partial charge in [0, 0.05) is 6.42 Å². The Bertz CT molecular complexity index is 396. The molecule has 1 rings (SSSR count). The Hall–Kier alpha value is -1.46. The molecule has 0 aromatic carbocycles. The number of hydrogen-bond acceptors (Lipinski definition) is 6. The normalized spacial score (nSPS) is 19.8. The van der Waals surface area contributed by atoms with E-state index in [1.807, 2.05) is 0 Å². The van der Waals surface area contributed by atoms with E-state index in [2.05, 4.69) is 13.8 Å². The smallest absolute Gasteiger partial charge is 0.435 e. The van der Waals surface area contributed by atoms with Gasteiger partial charge in [0.15, 0.2) is 0 Å². The van der Waals surface area contributed by atoms with Gasteiger partial charge < -0.3 is 18.9 Å². The van der Waals surface area contributed by atoms with Gasteiger partial charge in [-0.05, 0) is 38.5 Å². The molecule has 1 fully saturated rings. The Labute approximate surface area is 157 Å². The van der Waals surface area contributed by atoms with Gasteiger partial charge in [-0.2, -0.15) is 0 Å². The third-order valence-corrected chi connectivity index (χ3v) is 4.51. The molecule has 0 bridgehead atoms. The lowest BCUT2D eigenvalue weighted by molar-refractivity contribution is -0.0340. The summed E-state index contributed by atoms with van der Waals surface area (Å²) in [4.78, 5) is 23.1. The molecule has 6 heteroatoms. The first kappa shape index (κ1) is 22.6. The van der Waals surface area contributed by atoms with Crippen LogP contribution in [0.25, 0.3) is 0 Å². The average molecular weight is 373 g/mol. The summed E-state index contributed by atoms with van der Waals surface area (Å²) in [5.41, 5.74) is 0. The van der Waals surface area contributed by atoms with Gasteiger partial charge >= 0.3 is 12.3 Å². The summed E-state index contributed by atoms with van der Waals surface area (Å²) in [6, 6.07) is 0. The summed E-state index contributed by atoms with van der Waals surface area (Å²) in [5, 5.41) is 0. The molecule has 152 valence electrons. The zero-order valence-corrected chi connectivity index (χ0v) is 16.7. The summed E-state index contributed by atoms with van der Waals surface area (Å²) in [6.45, 7) is 6.91. The molecule has 0 aromatic heterocycles. The number of hydrogen-bond donors (Lipinski definition) is 0. The molecule has 26 heavy (non-hydrogen) atoms. The van der Waals surface area contributed by atoms with E-state index in [1.54, 1.807) is 6.92 Å². The Kier molecular flexibility index (Phi) is 11.9. The van der Waals surface area contributed by atoms with E-state index >= 15 is 0 Å². The van der Waals surface area contributed by atoms with Gasteiger partial charge in [0.05, 0.1) is 13.2 Å². The second-order valence-corrected chi connectivity index (χ2v) is 7.38. The highest BCUT2D eigenvalue weighted by Gasteiger charge is 2.28. The summed E-state index contributed by atoms with van der Waals surface area (Å²) in [5.74, 6) is 0.773. The number of rotatable bonds is 11. The van der Waals surface area contributed by atoms with E-state index in [1.165, 1.54) is 25.7 Å². The molecule has 0 aromatic rings. The van der Waals surface area contributed by atoms with Crippen molar-refractivity contribution in [3.63, 3.8) is 0 Å². The van der Waals surface area contributed by atoms with Crippen molar-refractivity contribution in [3.8, 4) is 0 Å². The maximum absolute atomic E-state index is 11.8. The molecule has 0 aliphatic heterocycles. The molecular formula is C20H36O6. The lowest BCUT2D eigenvalue weighted by Gasteiger charge is -2.27. The van der Waals surface area contributed by atoms with Crippen molar-refractivity contribution in [2.45, 2.75) is 97.2 Å². The summed E-state index contributed by atoms with van der Waals surface area (Å²) >= 11 is 0. The molecule has 1 aliphatic rings. The zero-order valence-electron chi connectivity index (χ0n) is 16.7. The monoisotopic (exact) mass is 372 g/mol. The number of ether oxygens (including phenoxy) is 4. The minimum atomic E-state index is -0.658. The second kappa shape index (κ2) is 13.7. The van der Waals surface area contributed by atoms with Gasteiger partial charge in [0.2, 0.25) is 0 Å². The van der Waals surface area contributed by atoms with Crippen LogP contribution in [-0.4, -0.2) is 37.7 Å². The van der Waals surface area contributed by atoms with Crippen LogP contribution in [-0.2, 0) is 18.9 Å². The van der Waals surface area contributed by atoms with Crippen LogP contribution in [0.5, 0.6) is 0 Å². The van der Waals surface area contributed by atoms with E-state index in [-0.39, 0.29) is 18.8 Å². The first-order valence-corrected chi connectivity index (χ1v) is 10.2. The summed E-state index contributed by atoms with van der Waals surface area (Å²) in [6.07, 6.45) is 8.02. The van der Waals surface area contributed by atoms with Crippen molar-refractivity contribution in [1.29, 1.82) is 0 Å². The van der Waals surface area contributed by atoms with Crippen LogP contribution in [0.15, 0.2) is 0 Å². The Balaban J connectivity index is 2.06. The van der Waals surface area contributed by atoms with Crippen LogP contribution in [0.3, 0.4) is 0 Å². The number of carbonyl (C=O) groups is 2. The molecule has 0 amide bonds. The average Bonchev–Trinajstić information content (AvgIpc) is 2.57. The molecule has 0 saturated heterocycles. The quantitative estimate of drug-likeness (QED) is 0.346. The number of unbranched alkanes of at least 4 members (excludes halogenated alkanes) is 4. The summed E-state index contributed by atoms with van der Waals surface area (Å²) < 4.78 is 20.5. The number of carbonyl (C=O) groups excluding carboxylic acids is 2. The minimum Gasteiger partial charge on any atom is -0.435 e. The van der Waals surface area contributed by atoms with Crippen molar-refractivity contribution in [2.75, 3.05) is 13.2 Å². The zero-order chi connectivity index (χ0) is 19.2. The highest BCUT2D eigenvalue weighted by atomic mass is 16.7. The van der Waals surface area contributed by atoms with E-state index in [4.69, 9.17) is 18.9 Å². The minimum absolute atomic E-state index is 0.258. The van der Waals surface area contributed by atoms with E-state index in [0.717, 1.165) is 38.0 Å². The van der Waals surface area contributed by atoms with E-state index in [0.29, 0.717) is 13.0 Å². The third kappa shape index (κ3) is 11.2. The molecule has 1 aliphatic carbocycles. The first-order chi connectivity index (χ1) is 12.5. The van der Waals surface area contributed by atoms with Gasteiger partial charge in [-0.1, -0.05) is 46.0 Å².